The van der Waals surface area contributed by atoms with Crippen LogP contribution >= 0.6 is 0 Å². The van der Waals surface area contributed by atoms with Gasteiger partial charge in [0.15, 0.2) is 0 Å². The number of rotatable bonds is 3. The molecule has 3 atom stereocenters. The summed E-state index contributed by atoms with van der Waals surface area (Å²) in [4.78, 5) is 11.6. The Morgan fingerprint density at radius 3 is 2.52 bits per heavy atom. The zero-order chi connectivity index (χ0) is 16.6. The van der Waals surface area contributed by atoms with Crippen molar-refractivity contribution in [3.8, 4) is 0 Å². The third-order valence-electron chi connectivity index (χ3n) is 5.03. The molecule has 2 N–H and O–H groups in total. The number of benzene rings is 1. The first kappa shape index (κ1) is 16.4. The van der Waals surface area contributed by atoms with Crippen molar-refractivity contribution in [3.63, 3.8) is 0 Å². The van der Waals surface area contributed by atoms with E-state index in [-0.39, 0.29) is 16.9 Å². The number of carbonyl (C=O) groups excluding carboxylic acids is 1. The summed E-state index contributed by atoms with van der Waals surface area (Å²) in [6, 6.07) is 5.98. The number of methoxy groups -OCH3 is 1. The molecule has 2 fully saturated rings. The zero-order valence-electron chi connectivity index (χ0n) is 13.1. The van der Waals surface area contributed by atoms with E-state index in [9.17, 15) is 13.2 Å². The van der Waals surface area contributed by atoms with Crippen molar-refractivity contribution in [1.82, 2.24) is 4.31 Å². The molecule has 1 heterocycles. The van der Waals surface area contributed by atoms with E-state index < -0.39 is 16.0 Å². The minimum absolute atomic E-state index is 0.0932. The third-order valence-corrected chi connectivity index (χ3v) is 6.88. The lowest BCUT2D eigenvalue weighted by atomic mass is 9.78. The molecule has 1 saturated carbocycles. The second kappa shape index (κ2) is 6.22. The van der Waals surface area contributed by atoms with Gasteiger partial charge in [-0.15, -0.1) is 0 Å². The Balaban J connectivity index is 1.80. The summed E-state index contributed by atoms with van der Waals surface area (Å²) < 4.78 is 31.8. The van der Waals surface area contributed by atoms with Crippen LogP contribution in [0.5, 0.6) is 0 Å². The summed E-state index contributed by atoms with van der Waals surface area (Å²) in [6.45, 7) is 1.03. The minimum Gasteiger partial charge on any atom is -0.465 e. The summed E-state index contributed by atoms with van der Waals surface area (Å²) >= 11 is 0. The van der Waals surface area contributed by atoms with Gasteiger partial charge >= 0.3 is 5.97 Å². The number of nitrogens with zero attached hydrogens (tertiary/aromatic N) is 1. The number of nitrogens with two attached hydrogens (primary N) is 1. The molecule has 23 heavy (non-hydrogen) atoms. The lowest BCUT2D eigenvalue weighted by Crippen LogP contribution is -2.38. The zero-order valence-corrected chi connectivity index (χ0v) is 14.0. The Morgan fingerprint density at radius 2 is 1.91 bits per heavy atom. The molecule has 0 spiro atoms. The van der Waals surface area contributed by atoms with Crippen molar-refractivity contribution in [1.29, 1.82) is 0 Å². The molecule has 0 aromatic heterocycles. The van der Waals surface area contributed by atoms with Gasteiger partial charge in [-0.1, -0.05) is 6.42 Å². The number of esters is 1. The molecule has 1 aliphatic heterocycles. The SMILES string of the molecule is COC(=O)c1ccc(S(=O)(=O)N2CC3CCCC(N)C3C2)cc1. The summed E-state index contributed by atoms with van der Waals surface area (Å²) in [5, 5.41) is 0. The van der Waals surface area contributed by atoms with Gasteiger partial charge < -0.3 is 10.5 Å². The van der Waals surface area contributed by atoms with Gasteiger partial charge in [0.1, 0.15) is 0 Å². The van der Waals surface area contributed by atoms with Crippen LogP contribution in [0.2, 0.25) is 0 Å². The van der Waals surface area contributed by atoms with Crippen molar-refractivity contribution in [2.45, 2.75) is 30.2 Å². The second-order valence-corrected chi connectivity index (χ2v) is 8.29. The van der Waals surface area contributed by atoms with E-state index in [4.69, 9.17) is 5.73 Å². The molecule has 7 heteroatoms. The molecule has 1 saturated heterocycles. The summed E-state index contributed by atoms with van der Waals surface area (Å²) in [5.74, 6) is 0.142. The van der Waals surface area contributed by atoms with E-state index in [0.717, 1.165) is 19.3 Å². The van der Waals surface area contributed by atoms with Gasteiger partial charge in [0.05, 0.1) is 17.6 Å². The largest absolute Gasteiger partial charge is 0.465 e. The lowest BCUT2D eigenvalue weighted by molar-refractivity contribution is 0.0600. The Kier molecular flexibility index (Phi) is 4.44. The average Bonchev–Trinajstić information content (AvgIpc) is 3.01. The van der Waals surface area contributed by atoms with Crippen molar-refractivity contribution >= 4 is 16.0 Å². The molecule has 0 amide bonds. The first-order chi connectivity index (χ1) is 10.9. The quantitative estimate of drug-likeness (QED) is 0.837. The Morgan fingerprint density at radius 1 is 1.22 bits per heavy atom. The van der Waals surface area contributed by atoms with Crippen LogP contribution in [0.3, 0.4) is 0 Å². The number of fused-ring (bicyclic) bond motifs is 1. The van der Waals surface area contributed by atoms with E-state index in [1.54, 1.807) is 4.31 Å². The van der Waals surface area contributed by atoms with E-state index in [1.165, 1.54) is 31.4 Å². The highest BCUT2D eigenvalue weighted by Gasteiger charge is 2.43. The van der Waals surface area contributed by atoms with E-state index in [0.29, 0.717) is 24.6 Å². The predicted octanol–water partition coefficient (Wildman–Crippen LogP) is 1.22. The van der Waals surface area contributed by atoms with Crippen LogP contribution in [-0.4, -0.2) is 44.9 Å². The molecule has 3 rings (SSSR count). The predicted molar refractivity (Wildman–Crippen MR) is 85.3 cm³/mol. The molecule has 6 nitrogen and oxygen atoms in total. The first-order valence-corrected chi connectivity index (χ1v) is 9.31. The van der Waals surface area contributed by atoms with Crippen molar-refractivity contribution < 1.29 is 17.9 Å². The molecule has 0 radical (unpaired) electrons. The summed E-state index contributed by atoms with van der Waals surface area (Å²) in [6.07, 6.45) is 3.10. The van der Waals surface area contributed by atoms with Crippen LogP contribution in [0.4, 0.5) is 0 Å². The monoisotopic (exact) mass is 338 g/mol. The second-order valence-electron chi connectivity index (χ2n) is 6.36. The highest BCUT2D eigenvalue weighted by Crippen LogP contribution is 2.37. The molecule has 3 unspecified atom stereocenters. The number of carbonyl (C=O) groups is 1. The molecule has 1 aromatic rings. The maximum absolute atomic E-state index is 12.8. The standard InChI is InChI=1S/C16H22N2O4S/c1-22-16(19)11-5-7-13(8-6-11)23(20,21)18-9-12-3-2-4-15(17)14(12)10-18/h5-8,12,14-15H,2-4,9-10,17H2,1H3. The third kappa shape index (κ3) is 3.00. The van der Waals surface area contributed by atoms with Crippen LogP contribution in [0.1, 0.15) is 29.6 Å². The Hall–Kier alpha value is -1.44. The van der Waals surface area contributed by atoms with Gasteiger partial charge in [-0.25, -0.2) is 13.2 Å². The van der Waals surface area contributed by atoms with Crippen LogP contribution < -0.4 is 5.73 Å². The number of hydrogen-bond acceptors (Lipinski definition) is 5. The first-order valence-electron chi connectivity index (χ1n) is 7.87. The minimum atomic E-state index is -3.54. The fourth-order valence-electron chi connectivity index (χ4n) is 3.70. The van der Waals surface area contributed by atoms with Gasteiger partial charge in [0.2, 0.25) is 10.0 Å². The molecular weight excluding hydrogens is 316 g/mol. The van der Waals surface area contributed by atoms with Gasteiger partial charge in [0, 0.05) is 19.1 Å². The number of hydrogen-bond donors (Lipinski definition) is 1. The van der Waals surface area contributed by atoms with Gasteiger partial charge in [-0.05, 0) is 48.9 Å². The van der Waals surface area contributed by atoms with E-state index in [2.05, 4.69) is 4.74 Å². The Bertz CT molecular complexity index is 687. The number of ether oxygens (including phenoxy) is 1. The topological polar surface area (TPSA) is 89.7 Å². The van der Waals surface area contributed by atoms with E-state index in [1.807, 2.05) is 0 Å². The van der Waals surface area contributed by atoms with Gasteiger partial charge in [-0.2, -0.15) is 4.31 Å². The summed E-state index contributed by atoms with van der Waals surface area (Å²) in [5.41, 5.74) is 6.50. The highest BCUT2D eigenvalue weighted by molar-refractivity contribution is 7.89. The highest BCUT2D eigenvalue weighted by atomic mass is 32.2. The summed E-state index contributed by atoms with van der Waals surface area (Å²) in [7, 11) is -2.25. The van der Waals surface area contributed by atoms with Crippen molar-refractivity contribution in [3.05, 3.63) is 29.8 Å². The molecular formula is C16H22N2O4S. The fraction of sp³-hybridized carbons (Fsp3) is 0.562. The van der Waals surface area contributed by atoms with Crippen LogP contribution in [0.25, 0.3) is 0 Å². The van der Waals surface area contributed by atoms with E-state index >= 15 is 0 Å². The average molecular weight is 338 g/mol. The van der Waals surface area contributed by atoms with Gasteiger partial charge in [-0.3, -0.25) is 0 Å². The molecule has 0 bridgehead atoms. The lowest BCUT2D eigenvalue weighted by Gasteiger charge is -2.29. The van der Waals surface area contributed by atoms with Crippen molar-refractivity contribution in [2.24, 2.45) is 17.6 Å². The molecule has 2 aliphatic rings. The maximum atomic E-state index is 12.8. The fourth-order valence-corrected chi connectivity index (χ4v) is 5.24. The van der Waals surface area contributed by atoms with Gasteiger partial charge in [0.25, 0.3) is 0 Å². The maximum Gasteiger partial charge on any atom is 0.337 e. The molecule has 1 aliphatic carbocycles. The Labute approximate surface area is 136 Å². The van der Waals surface area contributed by atoms with Crippen LogP contribution in [0, 0.1) is 11.8 Å². The molecule has 126 valence electrons. The van der Waals surface area contributed by atoms with Crippen LogP contribution in [0.15, 0.2) is 29.2 Å². The van der Waals surface area contributed by atoms with Crippen molar-refractivity contribution in [2.75, 3.05) is 20.2 Å². The smallest absolute Gasteiger partial charge is 0.337 e. The molecule has 1 aromatic carbocycles. The normalized spacial score (nSPS) is 28.3. The van der Waals surface area contributed by atoms with Crippen LogP contribution in [-0.2, 0) is 14.8 Å². The number of sulfonamides is 1.